The fraction of sp³-hybridized carbons (Fsp3) is 0.462. The monoisotopic (exact) mass is 457 g/mol. The molecule has 2 aliphatic heterocycles. The van der Waals surface area contributed by atoms with Crippen molar-refractivity contribution in [3.05, 3.63) is 47.7 Å². The molecule has 0 spiro atoms. The number of nitrogens with one attached hydrogen (secondary N) is 2. The third kappa shape index (κ3) is 4.02. The van der Waals surface area contributed by atoms with Gasteiger partial charge in [-0.05, 0) is 56.9 Å². The highest BCUT2D eigenvalue weighted by Crippen LogP contribution is 2.33. The standard InChI is InChI=1S/C26H31N7O/c34-25(32-14-5-2-6-15-32)22-13-8-16-33(22)26-27-20-12-7-11-19(20)24(29-26)28-23-17-21(30-31-23)18-9-3-1-4-10-18/h1,3-4,9-10,17,22H,2,5-8,11-16H2,(H2,27,28,29,30,31). The van der Waals surface area contributed by atoms with E-state index in [0.717, 1.165) is 93.2 Å². The number of nitrogens with zero attached hydrogens (tertiary/aromatic N) is 5. The fourth-order valence-electron chi connectivity index (χ4n) is 5.51. The van der Waals surface area contributed by atoms with Crippen molar-refractivity contribution >= 4 is 23.5 Å². The first-order chi connectivity index (χ1) is 16.8. The molecule has 1 amide bonds. The Morgan fingerprint density at radius 1 is 0.971 bits per heavy atom. The van der Waals surface area contributed by atoms with E-state index in [1.54, 1.807) is 0 Å². The normalized spacial score (nSPS) is 19.9. The Balaban J connectivity index is 1.27. The highest BCUT2D eigenvalue weighted by atomic mass is 16.2. The number of piperidine rings is 1. The number of anilines is 3. The molecular weight excluding hydrogens is 426 g/mol. The first-order valence-electron chi connectivity index (χ1n) is 12.6. The van der Waals surface area contributed by atoms with Crippen molar-refractivity contribution in [2.24, 2.45) is 0 Å². The van der Waals surface area contributed by atoms with E-state index < -0.39 is 0 Å². The molecule has 8 nitrogen and oxygen atoms in total. The van der Waals surface area contributed by atoms with Crippen LogP contribution >= 0.6 is 0 Å². The summed E-state index contributed by atoms with van der Waals surface area (Å²) in [4.78, 5) is 27.4. The lowest BCUT2D eigenvalue weighted by Gasteiger charge is -2.32. The van der Waals surface area contributed by atoms with Gasteiger partial charge in [-0.2, -0.15) is 10.1 Å². The number of carbonyl (C=O) groups excluding carboxylic acids is 1. The first kappa shape index (κ1) is 21.1. The van der Waals surface area contributed by atoms with Gasteiger partial charge in [0, 0.05) is 31.3 Å². The largest absolute Gasteiger partial charge is 0.341 e. The molecule has 2 saturated heterocycles. The van der Waals surface area contributed by atoms with Crippen molar-refractivity contribution in [1.82, 2.24) is 25.1 Å². The average Bonchev–Trinajstić information content (AvgIpc) is 3.65. The number of H-pyrrole nitrogens is 1. The second kappa shape index (κ2) is 9.08. The number of aromatic amines is 1. The molecule has 2 N–H and O–H groups in total. The van der Waals surface area contributed by atoms with Crippen LogP contribution in [0.4, 0.5) is 17.6 Å². The van der Waals surface area contributed by atoms with Crippen molar-refractivity contribution in [2.75, 3.05) is 29.9 Å². The number of carbonyl (C=O) groups is 1. The molecule has 2 aromatic heterocycles. The molecule has 34 heavy (non-hydrogen) atoms. The summed E-state index contributed by atoms with van der Waals surface area (Å²) in [6.07, 6.45) is 8.30. The number of hydrogen-bond acceptors (Lipinski definition) is 6. The van der Waals surface area contributed by atoms with Crippen molar-refractivity contribution in [1.29, 1.82) is 0 Å². The molecule has 8 heteroatoms. The molecule has 4 heterocycles. The topological polar surface area (TPSA) is 90.0 Å². The fourth-order valence-corrected chi connectivity index (χ4v) is 5.51. The van der Waals surface area contributed by atoms with Crippen LogP contribution in [-0.4, -0.2) is 56.6 Å². The zero-order chi connectivity index (χ0) is 22.9. The Bertz CT molecular complexity index is 1170. The number of likely N-dealkylation sites (tertiary alicyclic amines) is 1. The summed E-state index contributed by atoms with van der Waals surface area (Å²) < 4.78 is 0. The van der Waals surface area contributed by atoms with E-state index in [2.05, 4.69) is 32.5 Å². The van der Waals surface area contributed by atoms with E-state index in [0.29, 0.717) is 5.95 Å². The van der Waals surface area contributed by atoms with Gasteiger partial charge in [0.15, 0.2) is 5.82 Å². The van der Waals surface area contributed by atoms with E-state index in [1.807, 2.05) is 29.2 Å². The Labute approximate surface area is 199 Å². The number of rotatable bonds is 5. The summed E-state index contributed by atoms with van der Waals surface area (Å²) in [5.74, 6) is 2.48. The van der Waals surface area contributed by atoms with E-state index in [1.165, 1.54) is 12.0 Å². The number of aryl methyl sites for hydroxylation is 1. The number of aromatic nitrogens is 4. The molecule has 1 unspecified atom stereocenters. The Hall–Kier alpha value is -3.42. The van der Waals surface area contributed by atoms with Gasteiger partial charge in [-0.3, -0.25) is 9.89 Å². The van der Waals surface area contributed by atoms with E-state index in [4.69, 9.17) is 9.97 Å². The maximum Gasteiger partial charge on any atom is 0.245 e. The third-order valence-electron chi connectivity index (χ3n) is 7.29. The van der Waals surface area contributed by atoms with Crippen molar-refractivity contribution in [2.45, 2.75) is 57.4 Å². The van der Waals surface area contributed by atoms with E-state index in [9.17, 15) is 4.79 Å². The van der Waals surface area contributed by atoms with Crippen molar-refractivity contribution in [3.63, 3.8) is 0 Å². The predicted molar refractivity (Wildman–Crippen MR) is 132 cm³/mol. The van der Waals surface area contributed by atoms with Crippen LogP contribution in [0.3, 0.4) is 0 Å². The van der Waals surface area contributed by atoms with Crippen LogP contribution in [0.1, 0.15) is 49.8 Å². The zero-order valence-electron chi connectivity index (χ0n) is 19.5. The van der Waals surface area contributed by atoms with Crippen LogP contribution < -0.4 is 10.2 Å². The van der Waals surface area contributed by atoms with Crippen LogP contribution in [-0.2, 0) is 17.6 Å². The molecule has 176 valence electrons. The summed E-state index contributed by atoms with van der Waals surface area (Å²) in [5.41, 5.74) is 4.32. The van der Waals surface area contributed by atoms with E-state index in [-0.39, 0.29) is 11.9 Å². The van der Waals surface area contributed by atoms with Crippen molar-refractivity contribution in [3.8, 4) is 11.3 Å². The van der Waals surface area contributed by atoms with Gasteiger partial charge >= 0.3 is 0 Å². The van der Waals surface area contributed by atoms with Crippen LogP contribution in [0.15, 0.2) is 36.4 Å². The third-order valence-corrected chi connectivity index (χ3v) is 7.29. The molecular formula is C26H31N7O. The molecule has 0 radical (unpaired) electrons. The van der Waals surface area contributed by atoms with E-state index >= 15 is 0 Å². The van der Waals surface area contributed by atoms with Crippen LogP contribution in [0.25, 0.3) is 11.3 Å². The lowest BCUT2D eigenvalue weighted by Crippen LogP contribution is -2.48. The quantitative estimate of drug-likeness (QED) is 0.600. The summed E-state index contributed by atoms with van der Waals surface area (Å²) in [5, 5.41) is 11.0. The van der Waals surface area contributed by atoms with Gasteiger partial charge in [0.05, 0.1) is 11.4 Å². The lowest BCUT2D eigenvalue weighted by atomic mass is 10.1. The number of hydrogen-bond donors (Lipinski definition) is 2. The average molecular weight is 458 g/mol. The van der Waals surface area contributed by atoms with Gasteiger partial charge < -0.3 is 15.1 Å². The molecule has 2 fully saturated rings. The maximum atomic E-state index is 13.3. The maximum absolute atomic E-state index is 13.3. The zero-order valence-corrected chi connectivity index (χ0v) is 19.5. The number of fused-ring (bicyclic) bond motifs is 1. The summed E-state index contributed by atoms with van der Waals surface area (Å²) in [6, 6.07) is 12.0. The molecule has 1 atom stereocenters. The van der Waals surface area contributed by atoms with Gasteiger partial charge in [-0.1, -0.05) is 30.3 Å². The smallest absolute Gasteiger partial charge is 0.245 e. The highest BCUT2D eigenvalue weighted by Gasteiger charge is 2.36. The van der Waals surface area contributed by atoms with Crippen molar-refractivity contribution < 1.29 is 4.79 Å². The Morgan fingerprint density at radius 2 is 1.82 bits per heavy atom. The molecule has 1 aliphatic carbocycles. The first-order valence-corrected chi connectivity index (χ1v) is 12.6. The van der Waals surface area contributed by atoms with Gasteiger partial charge in [0.25, 0.3) is 0 Å². The molecule has 3 aliphatic rings. The Kier molecular flexibility index (Phi) is 5.65. The summed E-state index contributed by atoms with van der Waals surface area (Å²) >= 11 is 0. The molecule has 0 bridgehead atoms. The van der Waals surface area contributed by atoms with Crippen LogP contribution in [0.2, 0.25) is 0 Å². The Morgan fingerprint density at radius 3 is 2.68 bits per heavy atom. The molecule has 6 rings (SSSR count). The number of amides is 1. The molecule has 3 aromatic rings. The lowest BCUT2D eigenvalue weighted by molar-refractivity contribution is -0.133. The predicted octanol–water partition coefficient (Wildman–Crippen LogP) is 4.08. The SMILES string of the molecule is O=C(C1CCCN1c1nc2c(c(Nc3cc(-c4ccccc4)[nH]n3)n1)CCC2)N1CCCCC1. The highest BCUT2D eigenvalue weighted by molar-refractivity contribution is 5.85. The second-order valence-corrected chi connectivity index (χ2v) is 9.55. The van der Waals surface area contributed by atoms with Gasteiger partial charge in [-0.25, -0.2) is 4.98 Å². The summed E-state index contributed by atoms with van der Waals surface area (Å²) in [7, 11) is 0. The number of benzene rings is 1. The van der Waals surface area contributed by atoms with Gasteiger partial charge in [0.2, 0.25) is 11.9 Å². The summed E-state index contributed by atoms with van der Waals surface area (Å²) in [6.45, 7) is 2.58. The van der Waals surface area contributed by atoms with Gasteiger partial charge in [0.1, 0.15) is 11.9 Å². The minimum absolute atomic E-state index is 0.152. The second-order valence-electron chi connectivity index (χ2n) is 9.55. The van der Waals surface area contributed by atoms with Crippen LogP contribution in [0.5, 0.6) is 0 Å². The molecule has 0 saturated carbocycles. The van der Waals surface area contributed by atoms with Crippen LogP contribution in [0, 0.1) is 0 Å². The minimum Gasteiger partial charge on any atom is -0.341 e. The van der Waals surface area contributed by atoms with Gasteiger partial charge in [-0.15, -0.1) is 0 Å². The molecule has 1 aromatic carbocycles. The minimum atomic E-state index is -0.152.